The molecule has 0 aromatic heterocycles. The van der Waals surface area contributed by atoms with E-state index in [1.165, 1.54) is 7.11 Å². The first-order valence-corrected chi connectivity index (χ1v) is 7.24. The second-order valence-electron chi connectivity index (χ2n) is 4.87. The van der Waals surface area contributed by atoms with Gasteiger partial charge in [0.1, 0.15) is 5.75 Å². The number of unbranched alkanes of at least 4 members (excludes halogenated alkanes) is 2. The van der Waals surface area contributed by atoms with Crippen LogP contribution in [0.2, 0.25) is 0 Å². The Labute approximate surface area is 125 Å². The Morgan fingerprint density at radius 2 is 1.90 bits per heavy atom. The standard InChI is InChI=1S/C16H23NO4/c1-21-16(20)9-3-2-6-12-17-15(19)11-10-13-7-4-5-8-14(13)18/h4-5,7-8,18H,2-3,6,9-12H2,1H3,(H,17,19). The molecule has 1 aromatic carbocycles. The summed E-state index contributed by atoms with van der Waals surface area (Å²) >= 11 is 0. The number of hydrogen-bond acceptors (Lipinski definition) is 4. The van der Waals surface area contributed by atoms with Crippen LogP contribution in [0.5, 0.6) is 5.75 Å². The van der Waals surface area contributed by atoms with Gasteiger partial charge in [-0.1, -0.05) is 24.6 Å². The molecule has 2 N–H and O–H groups in total. The zero-order valence-corrected chi connectivity index (χ0v) is 12.4. The number of para-hydroxylation sites is 1. The molecule has 5 heteroatoms. The molecular weight excluding hydrogens is 270 g/mol. The molecule has 5 nitrogen and oxygen atoms in total. The van der Waals surface area contributed by atoms with Crippen LogP contribution in [0.15, 0.2) is 24.3 Å². The van der Waals surface area contributed by atoms with Crippen molar-refractivity contribution < 1.29 is 19.4 Å². The zero-order chi connectivity index (χ0) is 15.5. The molecule has 0 saturated carbocycles. The van der Waals surface area contributed by atoms with E-state index in [2.05, 4.69) is 10.1 Å². The number of benzene rings is 1. The van der Waals surface area contributed by atoms with Gasteiger partial charge in [0.15, 0.2) is 0 Å². The van der Waals surface area contributed by atoms with E-state index in [1.807, 2.05) is 12.1 Å². The summed E-state index contributed by atoms with van der Waals surface area (Å²) in [5.41, 5.74) is 0.783. The maximum Gasteiger partial charge on any atom is 0.305 e. The van der Waals surface area contributed by atoms with Crippen LogP contribution < -0.4 is 5.32 Å². The molecule has 1 rings (SSSR count). The lowest BCUT2D eigenvalue weighted by Crippen LogP contribution is -2.24. The molecule has 0 unspecified atom stereocenters. The van der Waals surface area contributed by atoms with Crippen LogP contribution in [0.1, 0.15) is 37.7 Å². The van der Waals surface area contributed by atoms with Crippen LogP contribution in [0.25, 0.3) is 0 Å². The van der Waals surface area contributed by atoms with Gasteiger partial charge in [-0.25, -0.2) is 0 Å². The molecule has 0 saturated heterocycles. The van der Waals surface area contributed by atoms with Gasteiger partial charge in [-0.15, -0.1) is 0 Å². The highest BCUT2D eigenvalue weighted by Gasteiger charge is 2.05. The summed E-state index contributed by atoms with van der Waals surface area (Å²) in [5, 5.41) is 12.4. The number of nitrogens with one attached hydrogen (secondary N) is 1. The number of methoxy groups -OCH3 is 1. The predicted molar refractivity (Wildman–Crippen MR) is 79.9 cm³/mol. The third-order valence-electron chi connectivity index (χ3n) is 3.22. The average Bonchev–Trinajstić information content (AvgIpc) is 2.49. The van der Waals surface area contributed by atoms with Gasteiger partial charge in [-0.3, -0.25) is 9.59 Å². The fourth-order valence-corrected chi connectivity index (χ4v) is 1.96. The predicted octanol–water partition coefficient (Wildman–Crippen LogP) is 2.17. The van der Waals surface area contributed by atoms with Crippen molar-refractivity contribution >= 4 is 11.9 Å². The maximum atomic E-state index is 11.6. The van der Waals surface area contributed by atoms with Crippen molar-refractivity contribution in [2.75, 3.05) is 13.7 Å². The molecule has 0 aliphatic rings. The number of carbonyl (C=O) groups is 2. The van der Waals surface area contributed by atoms with Gasteiger partial charge < -0.3 is 15.2 Å². The first kappa shape index (κ1) is 17.0. The molecule has 1 amide bonds. The highest BCUT2D eigenvalue weighted by molar-refractivity contribution is 5.76. The molecule has 0 fully saturated rings. The van der Waals surface area contributed by atoms with Crippen molar-refractivity contribution in [3.8, 4) is 5.75 Å². The molecule has 0 spiro atoms. The number of amides is 1. The number of hydrogen-bond donors (Lipinski definition) is 2. The van der Waals surface area contributed by atoms with Crippen LogP contribution in [0, 0.1) is 0 Å². The molecule has 0 heterocycles. The second kappa shape index (κ2) is 9.80. The first-order chi connectivity index (χ1) is 10.1. The summed E-state index contributed by atoms with van der Waals surface area (Å²) in [4.78, 5) is 22.5. The van der Waals surface area contributed by atoms with Crippen molar-refractivity contribution in [2.24, 2.45) is 0 Å². The SMILES string of the molecule is COC(=O)CCCCCNC(=O)CCc1ccccc1O. The summed E-state index contributed by atoms with van der Waals surface area (Å²) < 4.78 is 4.55. The molecule has 0 radical (unpaired) electrons. The minimum atomic E-state index is -0.193. The Morgan fingerprint density at radius 3 is 2.62 bits per heavy atom. The van der Waals surface area contributed by atoms with E-state index < -0.39 is 0 Å². The average molecular weight is 293 g/mol. The number of phenolic OH excluding ortho intramolecular Hbond substituents is 1. The molecular formula is C16H23NO4. The Bertz CT molecular complexity index is 459. The Balaban J connectivity index is 2.07. The lowest BCUT2D eigenvalue weighted by molar-refractivity contribution is -0.140. The van der Waals surface area contributed by atoms with E-state index in [9.17, 15) is 14.7 Å². The highest BCUT2D eigenvalue weighted by atomic mass is 16.5. The van der Waals surface area contributed by atoms with Crippen molar-refractivity contribution in [1.82, 2.24) is 5.32 Å². The number of rotatable bonds is 9. The van der Waals surface area contributed by atoms with E-state index in [4.69, 9.17) is 0 Å². The summed E-state index contributed by atoms with van der Waals surface area (Å²) in [6, 6.07) is 7.03. The molecule has 116 valence electrons. The van der Waals surface area contributed by atoms with Crippen LogP contribution in [0.4, 0.5) is 0 Å². The van der Waals surface area contributed by atoms with E-state index in [-0.39, 0.29) is 17.6 Å². The van der Waals surface area contributed by atoms with Crippen LogP contribution in [-0.4, -0.2) is 30.6 Å². The third kappa shape index (κ3) is 7.34. The second-order valence-corrected chi connectivity index (χ2v) is 4.87. The number of esters is 1. The molecule has 1 aromatic rings. The van der Waals surface area contributed by atoms with Gasteiger partial charge in [0.2, 0.25) is 5.91 Å². The number of carbonyl (C=O) groups excluding carboxylic acids is 2. The lowest BCUT2D eigenvalue weighted by Gasteiger charge is -2.06. The van der Waals surface area contributed by atoms with Crippen molar-refractivity contribution in [2.45, 2.75) is 38.5 Å². The maximum absolute atomic E-state index is 11.6. The van der Waals surface area contributed by atoms with Gasteiger partial charge in [-0.05, 0) is 30.9 Å². The largest absolute Gasteiger partial charge is 0.508 e. The molecule has 0 aliphatic carbocycles. The topological polar surface area (TPSA) is 75.6 Å². The number of aryl methyl sites for hydroxylation is 1. The zero-order valence-electron chi connectivity index (χ0n) is 12.4. The van der Waals surface area contributed by atoms with Crippen LogP contribution in [0.3, 0.4) is 0 Å². The van der Waals surface area contributed by atoms with E-state index in [0.29, 0.717) is 25.8 Å². The third-order valence-corrected chi connectivity index (χ3v) is 3.22. The summed E-state index contributed by atoms with van der Waals surface area (Å²) in [6.45, 7) is 0.612. The quantitative estimate of drug-likeness (QED) is 0.540. The van der Waals surface area contributed by atoms with E-state index >= 15 is 0 Å². The Kier molecular flexibility index (Phi) is 7.94. The molecule has 21 heavy (non-hydrogen) atoms. The number of aromatic hydroxyl groups is 1. The van der Waals surface area contributed by atoms with E-state index in [0.717, 1.165) is 24.8 Å². The normalized spacial score (nSPS) is 10.1. The van der Waals surface area contributed by atoms with Crippen molar-refractivity contribution in [1.29, 1.82) is 0 Å². The molecule has 0 atom stereocenters. The lowest BCUT2D eigenvalue weighted by atomic mass is 10.1. The highest BCUT2D eigenvalue weighted by Crippen LogP contribution is 2.16. The number of phenols is 1. The van der Waals surface area contributed by atoms with Gasteiger partial charge in [0, 0.05) is 19.4 Å². The van der Waals surface area contributed by atoms with Gasteiger partial charge in [-0.2, -0.15) is 0 Å². The van der Waals surface area contributed by atoms with Crippen molar-refractivity contribution in [3.05, 3.63) is 29.8 Å². The molecule has 0 bridgehead atoms. The van der Waals surface area contributed by atoms with Crippen LogP contribution in [-0.2, 0) is 20.7 Å². The fraction of sp³-hybridized carbons (Fsp3) is 0.500. The monoisotopic (exact) mass is 293 g/mol. The first-order valence-electron chi connectivity index (χ1n) is 7.24. The minimum Gasteiger partial charge on any atom is -0.508 e. The van der Waals surface area contributed by atoms with E-state index in [1.54, 1.807) is 12.1 Å². The van der Waals surface area contributed by atoms with Gasteiger partial charge >= 0.3 is 5.97 Å². The van der Waals surface area contributed by atoms with Gasteiger partial charge in [0.05, 0.1) is 7.11 Å². The summed E-state index contributed by atoms with van der Waals surface area (Å²) in [5.74, 6) is 0.0148. The fourth-order valence-electron chi connectivity index (χ4n) is 1.96. The minimum absolute atomic E-state index is 0.0220. The van der Waals surface area contributed by atoms with Gasteiger partial charge in [0.25, 0.3) is 0 Å². The number of ether oxygens (including phenoxy) is 1. The Morgan fingerprint density at radius 1 is 1.14 bits per heavy atom. The summed E-state index contributed by atoms with van der Waals surface area (Å²) in [7, 11) is 1.38. The Hall–Kier alpha value is -2.04. The molecule has 0 aliphatic heterocycles. The summed E-state index contributed by atoms with van der Waals surface area (Å²) in [6.07, 6.45) is 3.83. The van der Waals surface area contributed by atoms with Crippen LogP contribution >= 0.6 is 0 Å². The smallest absolute Gasteiger partial charge is 0.305 e. The van der Waals surface area contributed by atoms with Crippen molar-refractivity contribution in [3.63, 3.8) is 0 Å².